The molecule has 1 fully saturated rings. The topological polar surface area (TPSA) is 110 Å². The third-order valence-electron chi connectivity index (χ3n) is 2.93. The Labute approximate surface area is 97.0 Å². The maximum absolute atomic E-state index is 9.02. The molecule has 3 heterocycles. The summed E-state index contributed by atoms with van der Waals surface area (Å²) in [6.45, 7) is 0.0244. The quantitative estimate of drug-likeness (QED) is 0.683. The summed E-state index contributed by atoms with van der Waals surface area (Å²) in [7, 11) is 0. The van der Waals surface area contributed by atoms with E-state index in [0.29, 0.717) is 22.8 Å². The molecule has 4 N–H and O–H groups in total. The standard InChI is InChI=1S/C10H13N5O2/c11-8-7-10(13-4-12-7)15-9(14-8)6-2-1-5(3-16)17-6/h4-6,16H,1-3H2,(H3,11,12,13,14,15)/t5-,6?/m0/s1. The van der Waals surface area contributed by atoms with E-state index in [4.69, 9.17) is 15.6 Å². The molecular formula is C10H13N5O2. The van der Waals surface area contributed by atoms with Gasteiger partial charge in [-0.15, -0.1) is 0 Å². The Bertz CT molecular complexity index is 540. The van der Waals surface area contributed by atoms with Gasteiger partial charge in [0.15, 0.2) is 17.3 Å². The van der Waals surface area contributed by atoms with Gasteiger partial charge in [0.25, 0.3) is 0 Å². The molecule has 1 saturated heterocycles. The van der Waals surface area contributed by atoms with Gasteiger partial charge < -0.3 is 20.6 Å². The molecule has 3 rings (SSSR count). The van der Waals surface area contributed by atoms with Crippen LogP contribution >= 0.6 is 0 Å². The van der Waals surface area contributed by atoms with Crippen molar-refractivity contribution >= 4 is 17.0 Å². The molecule has 0 aliphatic carbocycles. The van der Waals surface area contributed by atoms with Crippen LogP contribution in [-0.4, -0.2) is 37.8 Å². The Balaban J connectivity index is 1.95. The molecule has 0 aromatic carbocycles. The molecule has 0 amide bonds. The number of nitrogens with zero attached hydrogens (tertiary/aromatic N) is 3. The maximum atomic E-state index is 9.02. The highest BCUT2D eigenvalue weighted by molar-refractivity contribution is 5.80. The summed E-state index contributed by atoms with van der Waals surface area (Å²) in [6, 6.07) is 0. The molecule has 0 spiro atoms. The van der Waals surface area contributed by atoms with E-state index >= 15 is 0 Å². The number of ether oxygens (including phenoxy) is 1. The van der Waals surface area contributed by atoms with Gasteiger partial charge in [-0.3, -0.25) is 0 Å². The monoisotopic (exact) mass is 235 g/mol. The van der Waals surface area contributed by atoms with Crippen LogP contribution in [0.4, 0.5) is 5.82 Å². The fourth-order valence-corrected chi connectivity index (χ4v) is 2.05. The lowest BCUT2D eigenvalue weighted by atomic mass is 10.2. The second kappa shape index (κ2) is 3.94. The Kier molecular flexibility index (Phi) is 2.41. The highest BCUT2D eigenvalue weighted by atomic mass is 16.5. The second-order valence-corrected chi connectivity index (χ2v) is 4.07. The lowest BCUT2D eigenvalue weighted by molar-refractivity contribution is 0.00751. The lowest BCUT2D eigenvalue weighted by Gasteiger charge is -2.10. The fourth-order valence-electron chi connectivity index (χ4n) is 2.05. The Morgan fingerprint density at radius 3 is 3.12 bits per heavy atom. The summed E-state index contributed by atoms with van der Waals surface area (Å²) >= 11 is 0. The molecule has 90 valence electrons. The van der Waals surface area contributed by atoms with Crippen molar-refractivity contribution in [1.29, 1.82) is 0 Å². The summed E-state index contributed by atoms with van der Waals surface area (Å²) in [6.07, 6.45) is 2.81. The van der Waals surface area contributed by atoms with Crippen molar-refractivity contribution in [3.8, 4) is 0 Å². The van der Waals surface area contributed by atoms with Gasteiger partial charge in [0.1, 0.15) is 11.6 Å². The van der Waals surface area contributed by atoms with Gasteiger partial charge in [0, 0.05) is 0 Å². The maximum Gasteiger partial charge on any atom is 0.183 e. The number of nitrogen functional groups attached to an aromatic ring is 1. The number of fused-ring (bicyclic) bond motifs is 1. The molecule has 1 aliphatic heterocycles. The van der Waals surface area contributed by atoms with E-state index in [1.54, 1.807) is 0 Å². The van der Waals surface area contributed by atoms with Crippen LogP contribution in [0.15, 0.2) is 6.33 Å². The first kappa shape index (κ1) is 10.4. The number of H-pyrrole nitrogens is 1. The summed E-state index contributed by atoms with van der Waals surface area (Å²) < 4.78 is 5.61. The van der Waals surface area contributed by atoms with E-state index in [2.05, 4.69) is 19.9 Å². The van der Waals surface area contributed by atoms with Crippen LogP contribution < -0.4 is 5.73 Å². The van der Waals surface area contributed by atoms with Gasteiger partial charge in [-0.05, 0) is 12.8 Å². The van der Waals surface area contributed by atoms with Crippen LogP contribution in [0, 0.1) is 0 Å². The number of hydrogen-bond acceptors (Lipinski definition) is 6. The zero-order valence-electron chi connectivity index (χ0n) is 9.13. The van der Waals surface area contributed by atoms with Gasteiger partial charge in [0.2, 0.25) is 0 Å². The lowest BCUT2D eigenvalue weighted by Crippen LogP contribution is -2.12. The second-order valence-electron chi connectivity index (χ2n) is 4.07. The van der Waals surface area contributed by atoms with E-state index in [9.17, 15) is 0 Å². The number of aliphatic hydroxyl groups is 1. The fraction of sp³-hybridized carbons (Fsp3) is 0.500. The number of nitrogens with one attached hydrogen (secondary N) is 1. The van der Waals surface area contributed by atoms with E-state index in [1.807, 2.05) is 0 Å². The van der Waals surface area contributed by atoms with Crippen molar-refractivity contribution in [2.45, 2.75) is 25.0 Å². The van der Waals surface area contributed by atoms with E-state index < -0.39 is 0 Å². The van der Waals surface area contributed by atoms with E-state index in [-0.39, 0.29) is 18.8 Å². The van der Waals surface area contributed by atoms with Crippen molar-refractivity contribution in [3.63, 3.8) is 0 Å². The number of anilines is 1. The number of aromatic amines is 1. The van der Waals surface area contributed by atoms with Crippen molar-refractivity contribution in [1.82, 2.24) is 19.9 Å². The predicted molar refractivity (Wildman–Crippen MR) is 60.0 cm³/mol. The van der Waals surface area contributed by atoms with Crippen molar-refractivity contribution in [2.24, 2.45) is 0 Å². The minimum absolute atomic E-state index is 0.0244. The summed E-state index contributed by atoms with van der Waals surface area (Å²) in [5.74, 6) is 0.914. The zero-order valence-corrected chi connectivity index (χ0v) is 9.13. The van der Waals surface area contributed by atoms with Gasteiger partial charge in [-0.1, -0.05) is 0 Å². The zero-order chi connectivity index (χ0) is 11.8. The normalized spacial score (nSPS) is 24.5. The highest BCUT2D eigenvalue weighted by Crippen LogP contribution is 2.31. The van der Waals surface area contributed by atoms with Crippen molar-refractivity contribution in [3.05, 3.63) is 12.2 Å². The van der Waals surface area contributed by atoms with Gasteiger partial charge in [0.05, 0.1) is 19.0 Å². The van der Waals surface area contributed by atoms with E-state index in [0.717, 1.165) is 12.8 Å². The minimum atomic E-state index is -0.199. The highest BCUT2D eigenvalue weighted by Gasteiger charge is 2.28. The number of aromatic nitrogens is 4. The van der Waals surface area contributed by atoms with Gasteiger partial charge in [-0.25, -0.2) is 15.0 Å². The molecule has 7 heteroatoms. The molecule has 1 aliphatic rings. The molecule has 0 radical (unpaired) electrons. The number of nitrogens with two attached hydrogens (primary N) is 1. The molecule has 0 saturated carbocycles. The molecule has 17 heavy (non-hydrogen) atoms. The van der Waals surface area contributed by atoms with Crippen LogP contribution in [0.2, 0.25) is 0 Å². The van der Waals surface area contributed by atoms with Gasteiger partial charge in [-0.2, -0.15) is 0 Å². The first-order chi connectivity index (χ1) is 8.28. The first-order valence-electron chi connectivity index (χ1n) is 5.50. The van der Waals surface area contributed by atoms with Gasteiger partial charge >= 0.3 is 0 Å². The average Bonchev–Trinajstić information content (AvgIpc) is 2.97. The molecule has 2 atom stereocenters. The van der Waals surface area contributed by atoms with Crippen LogP contribution in [0.5, 0.6) is 0 Å². The molecule has 2 aromatic rings. The largest absolute Gasteiger partial charge is 0.394 e. The van der Waals surface area contributed by atoms with E-state index in [1.165, 1.54) is 6.33 Å². The minimum Gasteiger partial charge on any atom is -0.394 e. The molecule has 1 unspecified atom stereocenters. The SMILES string of the molecule is Nc1nc(C2CC[C@@H](CO)O2)nc2nc[nH]c12. The Hall–Kier alpha value is -1.73. The molecule has 0 bridgehead atoms. The number of imidazole rings is 1. The summed E-state index contributed by atoms with van der Waals surface area (Å²) in [5.41, 5.74) is 7.00. The third-order valence-corrected chi connectivity index (χ3v) is 2.93. The summed E-state index contributed by atoms with van der Waals surface area (Å²) in [4.78, 5) is 15.5. The predicted octanol–water partition coefficient (Wildman–Crippen LogP) is 0.147. The number of hydrogen-bond donors (Lipinski definition) is 3. The van der Waals surface area contributed by atoms with Crippen molar-refractivity contribution in [2.75, 3.05) is 12.3 Å². The number of aliphatic hydroxyl groups excluding tert-OH is 1. The average molecular weight is 235 g/mol. The molecule has 7 nitrogen and oxygen atoms in total. The molecule has 2 aromatic heterocycles. The van der Waals surface area contributed by atoms with Crippen LogP contribution in [-0.2, 0) is 4.74 Å². The van der Waals surface area contributed by atoms with Crippen LogP contribution in [0.1, 0.15) is 24.8 Å². The first-order valence-corrected chi connectivity index (χ1v) is 5.50. The van der Waals surface area contributed by atoms with Crippen LogP contribution in [0.25, 0.3) is 11.2 Å². The van der Waals surface area contributed by atoms with Crippen LogP contribution in [0.3, 0.4) is 0 Å². The number of rotatable bonds is 2. The smallest absolute Gasteiger partial charge is 0.183 e. The summed E-state index contributed by atoms with van der Waals surface area (Å²) in [5, 5.41) is 9.02. The van der Waals surface area contributed by atoms with Crippen molar-refractivity contribution < 1.29 is 9.84 Å². The Morgan fingerprint density at radius 2 is 2.35 bits per heavy atom. The third kappa shape index (κ3) is 1.73. The Morgan fingerprint density at radius 1 is 1.47 bits per heavy atom. The molecular weight excluding hydrogens is 222 g/mol.